The van der Waals surface area contributed by atoms with Gasteiger partial charge in [-0.1, -0.05) is 32.6 Å². The minimum atomic E-state index is -0.254. The van der Waals surface area contributed by atoms with Gasteiger partial charge in [-0.2, -0.15) is 4.89 Å². The van der Waals surface area contributed by atoms with E-state index in [1.165, 1.54) is 19.3 Å². The maximum atomic E-state index is 11.0. The maximum Gasteiger partial charge on any atom is 0.342 e. The summed E-state index contributed by atoms with van der Waals surface area (Å²) in [6.07, 6.45) is 6.09. The summed E-state index contributed by atoms with van der Waals surface area (Å²) in [5.74, 6) is -0.254. The van der Waals surface area contributed by atoms with E-state index in [-0.39, 0.29) is 12.1 Å². The van der Waals surface area contributed by atoms with E-state index in [2.05, 4.69) is 11.8 Å². The highest BCUT2D eigenvalue weighted by Crippen LogP contribution is 2.06. The molecule has 0 aromatic heterocycles. The third-order valence-electron chi connectivity index (χ3n) is 1.82. The molecule has 0 aromatic carbocycles. The average molecular weight is 202 g/mol. The normalized spacial score (nSPS) is 10.6. The first-order valence-electron chi connectivity index (χ1n) is 5.53. The van der Waals surface area contributed by atoms with Crippen molar-refractivity contribution in [3.8, 4) is 0 Å². The average Bonchev–Trinajstić information content (AvgIpc) is 2.14. The van der Waals surface area contributed by atoms with Crippen LogP contribution in [0, 0.1) is 0 Å². The van der Waals surface area contributed by atoms with Crippen molar-refractivity contribution in [3.63, 3.8) is 0 Å². The van der Waals surface area contributed by atoms with Crippen molar-refractivity contribution in [2.75, 3.05) is 0 Å². The van der Waals surface area contributed by atoms with Gasteiger partial charge in [0.15, 0.2) is 0 Å². The van der Waals surface area contributed by atoms with Crippen molar-refractivity contribution in [2.45, 2.75) is 65.4 Å². The lowest BCUT2D eigenvalue weighted by Crippen LogP contribution is -2.10. The van der Waals surface area contributed by atoms with Gasteiger partial charge in [0.2, 0.25) is 0 Å². The summed E-state index contributed by atoms with van der Waals surface area (Å²) in [5.41, 5.74) is 0. The smallest absolute Gasteiger partial charge is 0.298 e. The Hall–Kier alpha value is -0.570. The molecule has 0 rings (SSSR count). The van der Waals surface area contributed by atoms with E-state index in [1.54, 1.807) is 0 Å². The fourth-order valence-electron chi connectivity index (χ4n) is 1.06. The third kappa shape index (κ3) is 9.52. The summed E-state index contributed by atoms with van der Waals surface area (Å²) < 4.78 is 0. The number of carbonyl (C=O) groups is 1. The van der Waals surface area contributed by atoms with E-state index in [0.29, 0.717) is 6.42 Å². The largest absolute Gasteiger partial charge is 0.342 e. The summed E-state index contributed by atoms with van der Waals surface area (Å²) in [4.78, 5) is 20.3. The van der Waals surface area contributed by atoms with Gasteiger partial charge in [-0.05, 0) is 20.3 Å². The molecule has 0 unspecified atom stereocenters. The number of carbonyl (C=O) groups excluding carboxylic acids is 1. The third-order valence-corrected chi connectivity index (χ3v) is 1.82. The first-order valence-corrected chi connectivity index (χ1v) is 5.53. The first kappa shape index (κ1) is 13.4. The molecule has 3 heteroatoms. The van der Waals surface area contributed by atoms with Crippen molar-refractivity contribution >= 4 is 5.97 Å². The molecule has 0 N–H and O–H groups in total. The zero-order valence-corrected chi connectivity index (χ0v) is 9.54. The molecule has 0 amide bonds. The quantitative estimate of drug-likeness (QED) is 0.344. The van der Waals surface area contributed by atoms with Crippen LogP contribution in [-0.2, 0) is 14.6 Å². The Bertz CT molecular complexity index is 143. The Balaban J connectivity index is 3.18. The predicted molar refractivity (Wildman–Crippen MR) is 55.7 cm³/mol. The molecule has 0 aromatic rings. The molecule has 0 aliphatic rings. The van der Waals surface area contributed by atoms with Gasteiger partial charge in [0, 0.05) is 6.42 Å². The lowest BCUT2D eigenvalue weighted by Gasteiger charge is -2.05. The Kier molecular flexibility index (Phi) is 8.64. The monoisotopic (exact) mass is 202 g/mol. The van der Waals surface area contributed by atoms with E-state index in [9.17, 15) is 4.79 Å². The Morgan fingerprint density at radius 3 is 2.36 bits per heavy atom. The van der Waals surface area contributed by atoms with Crippen LogP contribution in [0.25, 0.3) is 0 Å². The Morgan fingerprint density at radius 1 is 1.14 bits per heavy atom. The minimum absolute atomic E-state index is 0.0564. The molecule has 0 saturated carbocycles. The highest BCUT2D eigenvalue weighted by atomic mass is 17.2. The van der Waals surface area contributed by atoms with Gasteiger partial charge in [-0.25, -0.2) is 4.79 Å². The van der Waals surface area contributed by atoms with Gasteiger partial charge in [-0.15, -0.1) is 0 Å². The number of hydrogen-bond acceptors (Lipinski definition) is 3. The fourth-order valence-corrected chi connectivity index (χ4v) is 1.06. The lowest BCUT2D eigenvalue weighted by atomic mass is 10.1. The first-order chi connectivity index (χ1) is 6.66. The van der Waals surface area contributed by atoms with Gasteiger partial charge in [0.25, 0.3) is 0 Å². The van der Waals surface area contributed by atoms with Crippen LogP contribution in [0.1, 0.15) is 59.3 Å². The molecule has 0 radical (unpaired) electrons. The van der Waals surface area contributed by atoms with Crippen LogP contribution in [0.3, 0.4) is 0 Å². The molecule has 0 spiro atoms. The highest BCUT2D eigenvalue weighted by Gasteiger charge is 2.04. The molecule has 3 nitrogen and oxygen atoms in total. The SMILES string of the molecule is CCCCCCCC(=O)OOC(C)C. The number of rotatable bonds is 8. The van der Waals surface area contributed by atoms with E-state index in [4.69, 9.17) is 4.89 Å². The number of hydrogen-bond donors (Lipinski definition) is 0. The molecule has 0 bridgehead atoms. The van der Waals surface area contributed by atoms with E-state index in [1.807, 2.05) is 13.8 Å². The lowest BCUT2D eigenvalue weighted by molar-refractivity contribution is -0.291. The number of unbranched alkanes of at least 4 members (excludes halogenated alkanes) is 4. The zero-order chi connectivity index (χ0) is 10.8. The summed E-state index contributed by atoms with van der Waals surface area (Å²) >= 11 is 0. The Morgan fingerprint density at radius 2 is 1.79 bits per heavy atom. The predicted octanol–water partition coefficient (Wildman–Crippen LogP) is 3.23. The van der Waals surface area contributed by atoms with Crippen LogP contribution in [0.4, 0.5) is 0 Å². The van der Waals surface area contributed by atoms with Gasteiger partial charge < -0.3 is 0 Å². The van der Waals surface area contributed by atoms with Crippen molar-refractivity contribution < 1.29 is 14.6 Å². The molecule has 0 atom stereocenters. The molecule has 0 aliphatic carbocycles. The topological polar surface area (TPSA) is 35.5 Å². The molecule has 0 aliphatic heterocycles. The molecule has 84 valence electrons. The van der Waals surface area contributed by atoms with Crippen LogP contribution >= 0.6 is 0 Å². The van der Waals surface area contributed by atoms with Crippen molar-refractivity contribution in [1.29, 1.82) is 0 Å². The highest BCUT2D eigenvalue weighted by molar-refractivity contribution is 5.68. The molecular formula is C11H22O3. The van der Waals surface area contributed by atoms with Gasteiger partial charge >= 0.3 is 5.97 Å². The second kappa shape index (κ2) is 9.00. The summed E-state index contributed by atoms with van der Waals surface area (Å²) in [6.45, 7) is 5.83. The van der Waals surface area contributed by atoms with Crippen LogP contribution in [-0.4, -0.2) is 12.1 Å². The van der Waals surface area contributed by atoms with Crippen LogP contribution < -0.4 is 0 Å². The standard InChI is InChI=1S/C11H22O3/c1-4-5-6-7-8-9-11(12)14-13-10(2)3/h10H,4-9H2,1-3H3. The summed E-state index contributed by atoms with van der Waals surface area (Å²) in [7, 11) is 0. The van der Waals surface area contributed by atoms with Gasteiger partial charge in [0.1, 0.15) is 0 Å². The summed E-state index contributed by atoms with van der Waals surface area (Å²) in [5, 5.41) is 0. The van der Waals surface area contributed by atoms with Crippen molar-refractivity contribution in [2.24, 2.45) is 0 Å². The molecule has 0 heterocycles. The maximum absolute atomic E-state index is 11.0. The van der Waals surface area contributed by atoms with Crippen LogP contribution in [0.5, 0.6) is 0 Å². The van der Waals surface area contributed by atoms with Gasteiger partial charge in [-0.3, -0.25) is 4.89 Å². The fraction of sp³-hybridized carbons (Fsp3) is 0.909. The van der Waals surface area contributed by atoms with Crippen molar-refractivity contribution in [1.82, 2.24) is 0 Å². The van der Waals surface area contributed by atoms with E-state index < -0.39 is 0 Å². The molecule has 14 heavy (non-hydrogen) atoms. The van der Waals surface area contributed by atoms with Crippen molar-refractivity contribution in [3.05, 3.63) is 0 Å². The van der Waals surface area contributed by atoms with Crippen LogP contribution in [0.2, 0.25) is 0 Å². The molecule has 0 fully saturated rings. The van der Waals surface area contributed by atoms with Crippen LogP contribution in [0.15, 0.2) is 0 Å². The van der Waals surface area contributed by atoms with E-state index >= 15 is 0 Å². The molecule has 0 saturated heterocycles. The zero-order valence-electron chi connectivity index (χ0n) is 9.54. The second-order valence-corrected chi connectivity index (χ2v) is 3.76. The minimum Gasteiger partial charge on any atom is -0.298 e. The Labute approximate surface area is 86.7 Å². The second-order valence-electron chi connectivity index (χ2n) is 3.76. The van der Waals surface area contributed by atoms with Gasteiger partial charge in [0.05, 0.1) is 6.10 Å². The summed E-state index contributed by atoms with van der Waals surface area (Å²) in [6, 6.07) is 0. The van der Waals surface area contributed by atoms with E-state index in [0.717, 1.165) is 12.8 Å². The molecular weight excluding hydrogens is 180 g/mol.